The summed E-state index contributed by atoms with van der Waals surface area (Å²) in [7, 11) is 4.26. The van der Waals surface area contributed by atoms with Gasteiger partial charge in [-0.3, -0.25) is 0 Å². The van der Waals surface area contributed by atoms with Crippen LogP contribution in [0, 0.1) is 6.92 Å². The Bertz CT molecular complexity index is 394. The molecule has 0 amide bonds. The molecule has 1 unspecified atom stereocenters. The molecule has 0 N–H and O–H groups in total. The molecule has 102 valence electrons. The maximum absolute atomic E-state index is 5.80. The third kappa shape index (κ3) is 3.22. The quantitative estimate of drug-likeness (QED) is 0.833. The molecule has 0 bridgehead atoms. The Kier molecular flexibility index (Phi) is 4.59. The lowest BCUT2D eigenvalue weighted by Crippen LogP contribution is -2.45. The fourth-order valence-electron chi connectivity index (χ4n) is 2.26. The maximum Gasteiger partial charge on any atom is 0.185 e. The predicted octanol–water partition coefficient (Wildman–Crippen LogP) is 1.78. The number of anilines is 1. The number of hydrogen-bond donors (Lipinski definition) is 0. The molecule has 0 aromatic carbocycles. The molecular weight excluding hydrogens is 246 g/mol. The number of ether oxygens (including phenoxy) is 1. The van der Waals surface area contributed by atoms with Crippen molar-refractivity contribution in [3.8, 4) is 0 Å². The average Bonchev–Trinajstić information content (AvgIpc) is 2.70. The van der Waals surface area contributed by atoms with Gasteiger partial charge in [0.25, 0.3) is 0 Å². The second-order valence-electron chi connectivity index (χ2n) is 4.99. The first kappa shape index (κ1) is 13.8. The number of morpholine rings is 1. The molecule has 1 aliphatic rings. The van der Waals surface area contributed by atoms with E-state index in [9.17, 15) is 0 Å². The summed E-state index contributed by atoms with van der Waals surface area (Å²) in [6.45, 7) is 8.08. The molecule has 1 saturated heterocycles. The van der Waals surface area contributed by atoms with Gasteiger partial charge < -0.3 is 14.5 Å². The van der Waals surface area contributed by atoms with Crippen LogP contribution in [0.1, 0.15) is 17.5 Å². The van der Waals surface area contributed by atoms with Crippen LogP contribution in [0.4, 0.5) is 5.13 Å². The SMILES string of the molecule is CCc1sc(N(C)CC2CN(C)CCO2)nc1C. The van der Waals surface area contributed by atoms with Gasteiger partial charge in [-0.1, -0.05) is 6.92 Å². The van der Waals surface area contributed by atoms with Gasteiger partial charge in [0.1, 0.15) is 0 Å². The second-order valence-corrected chi connectivity index (χ2v) is 6.06. The average molecular weight is 269 g/mol. The van der Waals surface area contributed by atoms with Crippen molar-refractivity contribution in [1.29, 1.82) is 0 Å². The summed E-state index contributed by atoms with van der Waals surface area (Å²) in [5.41, 5.74) is 1.17. The molecule has 1 aromatic rings. The summed E-state index contributed by atoms with van der Waals surface area (Å²) >= 11 is 1.80. The number of rotatable bonds is 4. The monoisotopic (exact) mass is 269 g/mol. The lowest BCUT2D eigenvalue weighted by Gasteiger charge is -2.32. The Morgan fingerprint density at radius 2 is 2.33 bits per heavy atom. The van der Waals surface area contributed by atoms with Gasteiger partial charge in [0.2, 0.25) is 0 Å². The minimum atomic E-state index is 0.294. The number of thiazole rings is 1. The molecule has 2 rings (SSSR count). The van der Waals surface area contributed by atoms with Gasteiger partial charge in [0.05, 0.1) is 18.4 Å². The van der Waals surface area contributed by atoms with Crippen LogP contribution in [0.3, 0.4) is 0 Å². The smallest absolute Gasteiger partial charge is 0.185 e. The standard InChI is InChI=1S/C13H23N3OS/c1-5-12-10(2)14-13(18-12)16(4)9-11-8-15(3)6-7-17-11/h11H,5-9H2,1-4H3. The highest BCUT2D eigenvalue weighted by Gasteiger charge is 2.20. The molecule has 0 radical (unpaired) electrons. The zero-order valence-electron chi connectivity index (χ0n) is 11.8. The molecule has 4 nitrogen and oxygen atoms in total. The van der Waals surface area contributed by atoms with Gasteiger partial charge >= 0.3 is 0 Å². The molecular formula is C13H23N3OS. The van der Waals surface area contributed by atoms with Crippen molar-refractivity contribution in [3.63, 3.8) is 0 Å². The van der Waals surface area contributed by atoms with Gasteiger partial charge in [0.15, 0.2) is 5.13 Å². The highest BCUT2D eigenvalue weighted by Crippen LogP contribution is 2.26. The number of hydrogen-bond acceptors (Lipinski definition) is 5. The summed E-state index contributed by atoms with van der Waals surface area (Å²) in [6, 6.07) is 0. The second kappa shape index (κ2) is 5.99. The van der Waals surface area contributed by atoms with Gasteiger partial charge in [0, 0.05) is 31.6 Å². The Labute approximate surface area is 114 Å². The van der Waals surface area contributed by atoms with Crippen molar-refractivity contribution in [2.75, 3.05) is 45.2 Å². The molecule has 0 saturated carbocycles. The van der Waals surface area contributed by atoms with Crippen LogP contribution in [-0.4, -0.2) is 56.3 Å². The Morgan fingerprint density at radius 1 is 1.56 bits per heavy atom. The molecule has 1 aromatic heterocycles. The van der Waals surface area contributed by atoms with Crippen molar-refractivity contribution in [2.24, 2.45) is 0 Å². The minimum absolute atomic E-state index is 0.294. The molecule has 1 atom stereocenters. The van der Waals surface area contributed by atoms with Crippen LogP contribution >= 0.6 is 11.3 Å². The third-order valence-corrected chi connectivity index (χ3v) is 4.76. The first-order valence-electron chi connectivity index (χ1n) is 6.57. The summed E-state index contributed by atoms with van der Waals surface area (Å²) in [4.78, 5) is 10.6. The summed E-state index contributed by atoms with van der Waals surface area (Å²) in [5, 5.41) is 1.11. The Morgan fingerprint density at radius 3 is 2.94 bits per heavy atom. The van der Waals surface area contributed by atoms with Crippen LogP contribution in [0.15, 0.2) is 0 Å². The van der Waals surface area contributed by atoms with E-state index in [4.69, 9.17) is 4.74 Å². The van der Waals surface area contributed by atoms with Crippen molar-refractivity contribution >= 4 is 16.5 Å². The van der Waals surface area contributed by atoms with E-state index < -0.39 is 0 Å². The van der Waals surface area contributed by atoms with Crippen LogP contribution in [-0.2, 0) is 11.2 Å². The first-order chi connectivity index (χ1) is 8.60. The van der Waals surface area contributed by atoms with E-state index in [1.807, 2.05) is 0 Å². The predicted molar refractivity (Wildman–Crippen MR) is 76.7 cm³/mol. The summed E-state index contributed by atoms with van der Waals surface area (Å²) in [5.74, 6) is 0. The number of likely N-dealkylation sites (N-methyl/N-ethyl adjacent to an activating group) is 2. The molecule has 5 heteroatoms. The molecule has 0 spiro atoms. The van der Waals surface area contributed by atoms with E-state index in [1.54, 1.807) is 11.3 Å². The van der Waals surface area contributed by atoms with E-state index in [2.05, 4.69) is 42.7 Å². The van der Waals surface area contributed by atoms with Crippen LogP contribution < -0.4 is 4.90 Å². The maximum atomic E-state index is 5.80. The first-order valence-corrected chi connectivity index (χ1v) is 7.39. The van der Waals surface area contributed by atoms with E-state index >= 15 is 0 Å². The van der Waals surface area contributed by atoms with E-state index in [-0.39, 0.29) is 0 Å². The molecule has 0 aliphatic carbocycles. The van der Waals surface area contributed by atoms with Gasteiger partial charge in [-0.2, -0.15) is 0 Å². The van der Waals surface area contributed by atoms with Crippen LogP contribution in [0.5, 0.6) is 0 Å². The fraction of sp³-hybridized carbons (Fsp3) is 0.769. The highest BCUT2D eigenvalue weighted by atomic mass is 32.1. The molecule has 1 aliphatic heterocycles. The lowest BCUT2D eigenvalue weighted by molar-refractivity contribution is -0.0143. The lowest BCUT2D eigenvalue weighted by atomic mass is 10.3. The Hall–Kier alpha value is -0.650. The van der Waals surface area contributed by atoms with Crippen LogP contribution in [0.2, 0.25) is 0 Å². The minimum Gasteiger partial charge on any atom is -0.374 e. The van der Waals surface area contributed by atoms with E-state index in [0.29, 0.717) is 6.10 Å². The summed E-state index contributed by atoms with van der Waals surface area (Å²) < 4.78 is 5.80. The topological polar surface area (TPSA) is 28.6 Å². The zero-order valence-corrected chi connectivity index (χ0v) is 12.6. The number of nitrogens with zero attached hydrogens (tertiary/aromatic N) is 3. The van der Waals surface area contributed by atoms with Crippen molar-refractivity contribution in [2.45, 2.75) is 26.4 Å². The number of aromatic nitrogens is 1. The molecule has 2 heterocycles. The zero-order chi connectivity index (χ0) is 13.1. The van der Waals surface area contributed by atoms with Gasteiger partial charge in [-0.25, -0.2) is 4.98 Å². The van der Waals surface area contributed by atoms with Crippen molar-refractivity contribution in [1.82, 2.24) is 9.88 Å². The van der Waals surface area contributed by atoms with Gasteiger partial charge in [-0.05, 0) is 20.4 Å². The van der Waals surface area contributed by atoms with E-state index in [0.717, 1.165) is 37.8 Å². The largest absolute Gasteiger partial charge is 0.374 e. The fourth-order valence-corrected chi connectivity index (χ4v) is 3.24. The Balaban J connectivity index is 1.95. The third-order valence-electron chi connectivity index (χ3n) is 3.35. The van der Waals surface area contributed by atoms with Crippen LogP contribution in [0.25, 0.3) is 0 Å². The highest BCUT2D eigenvalue weighted by molar-refractivity contribution is 7.15. The van der Waals surface area contributed by atoms with Gasteiger partial charge in [-0.15, -0.1) is 11.3 Å². The molecule has 18 heavy (non-hydrogen) atoms. The molecule has 1 fully saturated rings. The summed E-state index contributed by atoms with van der Waals surface area (Å²) in [6.07, 6.45) is 1.36. The van der Waals surface area contributed by atoms with E-state index in [1.165, 1.54) is 10.6 Å². The normalized spacial score (nSPS) is 21.2. The van der Waals surface area contributed by atoms with Crippen molar-refractivity contribution < 1.29 is 4.74 Å². The number of aryl methyl sites for hydroxylation is 2. The van der Waals surface area contributed by atoms with Crippen molar-refractivity contribution in [3.05, 3.63) is 10.6 Å².